The standard InChI is InChI=1S/C27H21N3O3S/c1-18-23-26(34-24(18)25(31)29-20-10-4-2-5-11-20)28-17-30(27(23)32)16-19-9-8-14-22(15-19)33-21-12-6-3-7-13-21/h2-15,17H,16H2,1H3,(H,29,31). The zero-order valence-corrected chi connectivity index (χ0v) is 19.2. The monoisotopic (exact) mass is 467 g/mol. The summed E-state index contributed by atoms with van der Waals surface area (Å²) in [6.45, 7) is 2.13. The van der Waals surface area contributed by atoms with Gasteiger partial charge in [0.1, 0.15) is 16.3 Å². The van der Waals surface area contributed by atoms with E-state index >= 15 is 0 Å². The fraction of sp³-hybridized carbons (Fsp3) is 0.0741. The summed E-state index contributed by atoms with van der Waals surface area (Å²) in [6.07, 6.45) is 1.53. The fourth-order valence-electron chi connectivity index (χ4n) is 3.73. The van der Waals surface area contributed by atoms with Crippen LogP contribution < -0.4 is 15.6 Å². The van der Waals surface area contributed by atoms with Gasteiger partial charge in [-0.05, 0) is 54.4 Å². The van der Waals surface area contributed by atoms with Crippen LogP contribution in [0.4, 0.5) is 5.69 Å². The maximum Gasteiger partial charge on any atom is 0.266 e. The normalized spacial score (nSPS) is 10.9. The first-order chi connectivity index (χ1) is 16.6. The van der Waals surface area contributed by atoms with Crippen LogP contribution in [0.3, 0.4) is 0 Å². The highest BCUT2D eigenvalue weighted by Crippen LogP contribution is 2.28. The summed E-state index contributed by atoms with van der Waals surface area (Å²) in [4.78, 5) is 31.6. The zero-order chi connectivity index (χ0) is 23.5. The van der Waals surface area contributed by atoms with Crippen LogP contribution in [0.2, 0.25) is 0 Å². The molecule has 5 aromatic rings. The van der Waals surface area contributed by atoms with E-state index in [1.54, 1.807) is 11.5 Å². The molecule has 0 atom stereocenters. The molecule has 34 heavy (non-hydrogen) atoms. The molecule has 7 heteroatoms. The summed E-state index contributed by atoms with van der Waals surface area (Å²) in [5.41, 5.74) is 2.08. The maximum atomic E-state index is 13.3. The van der Waals surface area contributed by atoms with E-state index in [2.05, 4.69) is 10.3 Å². The molecule has 0 saturated heterocycles. The van der Waals surface area contributed by atoms with Crippen LogP contribution in [0.1, 0.15) is 20.8 Å². The lowest BCUT2D eigenvalue weighted by molar-refractivity contribution is 0.103. The lowest BCUT2D eigenvalue weighted by atomic mass is 10.2. The first kappa shape index (κ1) is 21.6. The van der Waals surface area contributed by atoms with Crippen molar-refractivity contribution in [1.82, 2.24) is 9.55 Å². The highest BCUT2D eigenvalue weighted by molar-refractivity contribution is 7.20. The summed E-state index contributed by atoms with van der Waals surface area (Å²) in [7, 11) is 0. The molecule has 0 saturated carbocycles. The Bertz CT molecular complexity index is 1530. The molecule has 2 aromatic heterocycles. The van der Waals surface area contributed by atoms with Gasteiger partial charge in [0, 0.05) is 5.69 Å². The predicted molar refractivity (Wildman–Crippen MR) is 135 cm³/mol. The Morgan fingerprint density at radius 2 is 1.68 bits per heavy atom. The van der Waals surface area contributed by atoms with Crippen LogP contribution in [-0.2, 0) is 6.54 Å². The first-order valence-corrected chi connectivity index (χ1v) is 11.6. The molecule has 0 spiro atoms. The van der Waals surface area contributed by atoms with Crippen molar-refractivity contribution in [2.45, 2.75) is 13.5 Å². The molecule has 2 heterocycles. The Balaban J connectivity index is 1.41. The lowest BCUT2D eigenvalue weighted by Gasteiger charge is -2.09. The molecule has 0 aliphatic carbocycles. The predicted octanol–water partition coefficient (Wildman–Crippen LogP) is 5.86. The molecule has 0 radical (unpaired) electrons. The third-order valence-electron chi connectivity index (χ3n) is 5.39. The van der Waals surface area contributed by atoms with Crippen molar-refractivity contribution in [3.8, 4) is 11.5 Å². The Hall–Kier alpha value is -4.23. The van der Waals surface area contributed by atoms with Crippen LogP contribution in [0.25, 0.3) is 10.2 Å². The van der Waals surface area contributed by atoms with Gasteiger partial charge in [-0.1, -0.05) is 48.5 Å². The average molecular weight is 468 g/mol. The minimum atomic E-state index is -0.247. The number of benzene rings is 3. The minimum Gasteiger partial charge on any atom is -0.457 e. The quantitative estimate of drug-likeness (QED) is 0.340. The van der Waals surface area contributed by atoms with Crippen molar-refractivity contribution in [3.63, 3.8) is 0 Å². The third kappa shape index (κ3) is 4.46. The molecule has 1 N–H and O–H groups in total. The van der Waals surface area contributed by atoms with Crippen LogP contribution >= 0.6 is 11.3 Å². The smallest absolute Gasteiger partial charge is 0.266 e. The molecule has 6 nitrogen and oxygen atoms in total. The van der Waals surface area contributed by atoms with E-state index in [9.17, 15) is 9.59 Å². The molecule has 0 aliphatic rings. The molecular formula is C27H21N3O3S. The molecule has 3 aromatic carbocycles. The van der Waals surface area contributed by atoms with Crippen LogP contribution in [0.5, 0.6) is 11.5 Å². The first-order valence-electron chi connectivity index (χ1n) is 10.8. The second-order valence-electron chi connectivity index (χ2n) is 7.80. The van der Waals surface area contributed by atoms with E-state index in [1.165, 1.54) is 17.7 Å². The number of carbonyl (C=O) groups excluding carboxylic acids is 1. The van der Waals surface area contributed by atoms with Crippen molar-refractivity contribution >= 4 is 33.1 Å². The number of para-hydroxylation sites is 2. The number of carbonyl (C=O) groups is 1. The summed E-state index contributed by atoms with van der Waals surface area (Å²) >= 11 is 1.23. The van der Waals surface area contributed by atoms with Gasteiger partial charge in [0.15, 0.2) is 0 Å². The van der Waals surface area contributed by atoms with E-state index in [0.29, 0.717) is 38.6 Å². The van der Waals surface area contributed by atoms with Gasteiger partial charge in [-0.25, -0.2) is 4.98 Å². The summed E-state index contributed by atoms with van der Waals surface area (Å²) < 4.78 is 7.47. The second kappa shape index (κ2) is 9.33. The second-order valence-corrected chi connectivity index (χ2v) is 8.80. The number of aryl methyl sites for hydroxylation is 1. The number of nitrogens with zero attached hydrogens (tertiary/aromatic N) is 2. The van der Waals surface area contributed by atoms with E-state index in [4.69, 9.17) is 4.74 Å². The molecule has 5 rings (SSSR count). The number of ether oxygens (including phenoxy) is 1. The van der Waals surface area contributed by atoms with Gasteiger partial charge in [0.25, 0.3) is 11.5 Å². The van der Waals surface area contributed by atoms with E-state index in [-0.39, 0.29) is 11.5 Å². The number of fused-ring (bicyclic) bond motifs is 1. The van der Waals surface area contributed by atoms with Crippen LogP contribution in [0, 0.1) is 6.92 Å². The third-order valence-corrected chi connectivity index (χ3v) is 6.58. The molecule has 168 valence electrons. The number of rotatable bonds is 6. The molecule has 0 bridgehead atoms. The largest absolute Gasteiger partial charge is 0.457 e. The number of aromatic nitrogens is 2. The Labute approximate surface area is 200 Å². The zero-order valence-electron chi connectivity index (χ0n) is 18.4. The van der Waals surface area contributed by atoms with Crippen molar-refractivity contribution < 1.29 is 9.53 Å². The van der Waals surface area contributed by atoms with Crippen LogP contribution in [0.15, 0.2) is 96.1 Å². The van der Waals surface area contributed by atoms with Gasteiger partial charge in [0.2, 0.25) is 0 Å². The summed E-state index contributed by atoms with van der Waals surface area (Å²) in [6, 6.07) is 26.4. The lowest BCUT2D eigenvalue weighted by Crippen LogP contribution is -2.21. The molecule has 0 unspecified atom stereocenters. The average Bonchev–Trinajstić information content (AvgIpc) is 3.19. The van der Waals surface area contributed by atoms with E-state index in [1.807, 2.05) is 84.9 Å². The molecule has 0 fully saturated rings. The number of amides is 1. The van der Waals surface area contributed by atoms with E-state index < -0.39 is 0 Å². The molecule has 0 aliphatic heterocycles. The van der Waals surface area contributed by atoms with Gasteiger partial charge >= 0.3 is 0 Å². The van der Waals surface area contributed by atoms with Crippen molar-refractivity contribution in [3.05, 3.63) is 118 Å². The number of hydrogen-bond acceptors (Lipinski definition) is 5. The maximum absolute atomic E-state index is 13.3. The van der Waals surface area contributed by atoms with Gasteiger partial charge in [-0.2, -0.15) is 0 Å². The molecule has 1 amide bonds. The Morgan fingerprint density at radius 3 is 2.44 bits per heavy atom. The highest BCUT2D eigenvalue weighted by Gasteiger charge is 2.19. The van der Waals surface area contributed by atoms with Gasteiger partial charge in [0.05, 0.1) is 23.1 Å². The van der Waals surface area contributed by atoms with Crippen LogP contribution in [-0.4, -0.2) is 15.5 Å². The van der Waals surface area contributed by atoms with Gasteiger partial charge in [-0.3, -0.25) is 14.2 Å². The minimum absolute atomic E-state index is 0.174. The van der Waals surface area contributed by atoms with E-state index in [0.717, 1.165) is 11.3 Å². The van der Waals surface area contributed by atoms with Gasteiger partial charge in [-0.15, -0.1) is 11.3 Å². The number of anilines is 1. The van der Waals surface area contributed by atoms with Crippen molar-refractivity contribution in [2.75, 3.05) is 5.32 Å². The number of thiophene rings is 1. The SMILES string of the molecule is Cc1c(C(=O)Nc2ccccc2)sc2ncn(Cc3cccc(Oc4ccccc4)c3)c(=O)c12. The number of hydrogen-bond donors (Lipinski definition) is 1. The number of nitrogens with one attached hydrogen (secondary N) is 1. The highest BCUT2D eigenvalue weighted by atomic mass is 32.1. The fourth-order valence-corrected chi connectivity index (χ4v) is 4.76. The summed E-state index contributed by atoms with van der Waals surface area (Å²) in [5.74, 6) is 1.19. The topological polar surface area (TPSA) is 73.2 Å². The van der Waals surface area contributed by atoms with Gasteiger partial charge < -0.3 is 10.1 Å². The Morgan fingerprint density at radius 1 is 0.971 bits per heavy atom. The van der Waals surface area contributed by atoms with Crippen molar-refractivity contribution in [1.29, 1.82) is 0 Å². The van der Waals surface area contributed by atoms with Crippen molar-refractivity contribution in [2.24, 2.45) is 0 Å². The summed E-state index contributed by atoms with van der Waals surface area (Å²) in [5, 5.41) is 3.36. The molecular weight excluding hydrogens is 446 g/mol. The Kier molecular flexibility index (Phi) is 5.93.